The predicted octanol–water partition coefficient (Wildman–Crippen LogP) is 2.46. The van der Waals surface area contributed by atoms with Crippen molar-refractivity contribution < 1.29 is 4.79 Å². The van der Waals surface area contributed by atoms with Gasteiger partial charge in [-0.15, -0.1) is 0 Å². The molecule has 1 amide bonds. The van der Waals surface area contributed by atoms with Gasteiger partial charge in [-0.25, -0.2) is 0 Å². The van der Waals surface area contributed by atoms with Crippen molar-refractivity contribution in [1.82, 2.24) is 10.2 Å². The van der Waals surface area contributed by atoms with Gasteiger partial charge < -0.3 is 4.90 Å². The van der Waals surface area contributed by atoms with E-state index in [1.165, 1.54) is 25.0 Å². The van der Waals surface area contributed by atoms with Crippen LogP contribution < -0.4 is 5.32 Å². The lowest BCUT2D eigenvalue weighted by atomic mass is 10.1. The van der Waals surface area contributed by atoms with Gasteiger partial charge in [0.05, 0.1) is 12.2 Å². The van der Waals surface area contributed by atoms with Gasteiger partial charge in [0, 0.05) is 11.8 Å². The van der Waals surface area contributed by atoms with Crippen LogP contribution >= 0.6 is 11.8 Å². The molecule has 0 aromatic heterocycles. The zero-order valence-corrected chi connectivity index (χ0v) is 12.6. The molecule has 0 aromatic carbocycles. The maximum Gasteiger partial charge on any atom is 0.241 e. The lowest BCUT2D eigenvalue weighted by Crippen LogP contribution is -2.44. The van der Waals surface area contributed by atoms with Crippen LogP contribution in [0, 0.1) is 5.92 Å². The second-order valence-corrected chi connectivity index (χ2v) is 7.20. The molecular formula is C14H26N2OS. The summed E-state index contributed by atoms with van der Waals surface area (Å²) in [6.45, 7) is 7.43. The van der Waals surface area contributed by atoms with Gasteiger partial charge in [0.25, 0.3) is 0 Å². The van der Waals surface area contributed by atoms with Gasteiger partial charge in [-0.3, -0.25) is 10.1 Å². The van der Waals surface area contributed by atoms with E-state index in [1.807, 2.05) is 0 Å². The summed E-state index contributed by atoms with van der Waals surface area (Å²) in [5.74, 6) is 2.07. The maximum atomic E-state index is 12.4. The molecule has 2 fully saturated rings. The first-order valence-electron chi connectivity index (χ1n) is 7.31. The number of hydrogen-bond acceptors (Lipinski definition) is 3. The standard InChI is InChI=1S/C14H26N2OS/c1-4-12-14(17)16(13(15-12)10(2)3)9-11-7-5-6-8-18-11/h10-13,15H,4-9H2,1-3H3. The molecule has 3 unspecified atom stereocenters. The number of rotatable bonds is 4. The Morgan fingerprint density at radius 3 is 2.78 bits per heavy atom. The fraction of sp³-hybridized carbons (Fsp3) is 0.929. The minimum atomic E-state index is 0.0472. The molecule has 104 valence electrons. The van der Waals surface area contributed by atoms with Crippen LogP contribution in [0.3, 0.4) is 0 Å². The second kappa shape index (κ2) is 6.29. The quantitative estimate of drug-likeness (QED) is 0.852. The minimum absolute atomic E-state index is 0.0472. The van der Waals surface area contributed by atoms with Crippen molar-refractivity contribution >= 4 is 17.7 Å². The third-order valence-electron chi connectivity index (χ3n) is 4.00. The molecule has 2 heterocycles. The van der Waals surface area contributed by atoms with Crippen molar-refractivity contribution in [3.8, 4) is 0 Å². The van der Waals surface area contributed by atoms with Crippen LogP contribution in [0.2, 0.25) is 0 Å². The van der Waals surface area contributed by atoms with Crippen molar-refractivity contribution in [2.24, 2.45) is 5.92 Å². The number of thioether (sulfide) groups is 1. The Bertz CT molecular complexity index is 290. The largest absolute Gasteiger partial charge is 0.324 e. The molecule has 0 bridgehead atoms. The molecule has 0 aliphatic carbocycles. The molecule has 1 N–H and O–H groups in total. The van der Waals surface area contributed by atoms with Crippen molar-refractivity contribution in [3.05, 3.63) is 0 Å². The molecule has 0 radical (unpaired) electrons. The Kier molecular flexibility index (Phi) is 4.96. The van der Waals surface area contributed by atoms with Crippen LogP contribution in [0.15, 0.2) is 0 Å². The number of hydrogen-bond donors (Lipinski definition) is 1. The number of nitrogens with zero attached hydrogens (tertiary/aromatic N) is 1. The van der Waals surface area contributed by atoms with E-state index in [2.05, 4.69) is 42.7 Å². The van der Waals surface area contributed by atoms with Crippen LogP contribution in [-0.4, -0.2) is 40.6 Å². The van der Waals surface area contributed by atoms with Crippen LogP contribution in [0.4, 0.5) is 0 Å². The van der Waals surface area contributed by atoms with Crippen LogP contribution in [-0.2, 0) is 4.79 Å². The first-order valence-corrected chi connectivity index (χ1v) is 8.36. The van der Waals surface area contributed by atoms with Crippen molar-refractivity contribution in [2.75, 3.05) is 12.3 Å². The van der Waals surface area contributed by atoms with E-state index in [-0.39, 0.29) is 12.2 Å². The maximum absolute atomic E-state index is 12.4. The average molecular weight is 270 g/mol. The Labute approximate surface area is 115 Å². The highest BCUT2D eigenvalue weighted by Crippen LogP contribution is 2.28. The van der Waals surface area contributed by atoms with Crippen molar-refractivity contribution in [3.63, 3.8) is 0 Å². The Morgan fingerprint density at radius 1 is 1.44 bits per heavy atom. The zero-order chi connectivity index (χ0) is 13.1. The topological polar surface area (TPSA) is 32.3 Å². The highest BCUT2D eigenvalue weighted by molar-refractivity contribution is 7.99. The fourth-order valence-corrected chi connectivity index (χ4v) is 4.23. The van der Waals surface area contributed by atoms with Crippen LogP contribution in [0.1, 0.15) is 46.5 Å². The second-order valence-electron chi connectivity index (χ2n) is 5.80. The molecule has 3 nitrogen and oxygen atoms in total. The minimum Gasteiger partial charge on any atom is -0.324 e. The molecular weight excluding hydrogens is 244 g/mol. The van der Waals surface area contributed by atoms with Gasteiger partial charge in [-0.05, 0) is 30.9 Å². The molecule has 18 heavy (non-hydrogen) atoms. The Hall–Kier alpha value is -0.220. The fourth-order valence-electron chi connectivity index (χ4n) is 2.92. The first-order chi connectivity index (χ1) is 8.63. The molecule has 0 aromatic rings. The zero-order valence-electron chi connectivity index (χ0n) is 11.8. The third kappa shape index (κ3) is 3.02. The third-order valence-corrected chi connectivity index (χ3v) is 5.38. The summed E-state index contributed by atoms with van der Waals surface area (Å²) in [4.78, 5) is 14.5. The lowest BCUT2D eigenvalue weighted by molar-refractivity contribution is -0.130. The number of nitrogens with one attached hydrogen (secondary N) is 1. The summed E-state index contributed by atoms with van der Waals surface area (Å²) in [5, 5.41) is 4.15. The lowest BCUT2D eigenvalue weighted by Gasteiger charge is -2.32. The van der Waals surface area contributed by atoms with E-state index in [4.69, 9.17) is 0 Å². The monoisotopic (exact) mass is 270 g/mol. The highest BCUT2D eigenvalue weighted by atomic mass is 32.2. The first kappa shape index (κ1) is 14.2. The van der Waals surface area contributed by atoms with E-state index in [1.54, 1.807) is 0 Å². The summed E-state index contributed by atoms with van der Waals surface area (Å²) < 4.78 is 0. The van der Waals surface area contributed by atoms with Crippen LogP contribution in [0.25, 0.3) is 0 Å². The molecule has 2 aliphatic rings. The summed E-state index contributed by atoms with van der Waals surface area (Å²) in [6, 6.07) is 0.0472. The van der Waals surface area contributed by atoms with Gasteiger partial charge in [-0.1, -0.05) is 27.2 Å². The summed E-state index contributed by atoms with van der Waals surface area (Å²) in [6.07, 6.45) is 5.09. The van der Waals surface area contributed by atoms with E-state index >= 15 is 0 Å². The normalized spacial score (nSPS) is 33.4. The number of amides is 1. The van der Waals surface area contributed by atoms with Crippen LogP contribution in [0.5, 0.6) is 0 Å². The molecule has 2 aliphatic heterocycles. The Balaban J connectivity index is 2.00. The van der Waals surface area contributed by atoms with Crippen molar-refractivity contribution in [2.45, 2.75) is 63.9 Å². The predicted molar refractivity (Wildman–Crippen MR) is 77.7 cm³/mol. The Morgan fingerprint density at radius 2 is 2.22 bits per heavy atom. The average Bonchev–Trinajstić information content (AvgIpc) is 2.68. The van der Waals surface area contributed by atoms with Crippen molar-refractivity contribution in [1.29, 1.82) is 0 Å². The van der Waals surface area contributed by atoms with Gasteiger partial charge >= 0.3 is 0 Å². The van der Waals surface area contributed by atoms with Gasteiger partial charge in [0.2, 0.25) is 5.91 Å². The van der Waals surface area contributed by atoms with Gasteiger partial charge in [0.15, 0.2) is 0 Å². The summed E-state index contributed by atoms with van der Waals surface area (Å²) in [7, 11) is 0. The molecule has 2 rings (SSSR count). The summed E-state index contributed by atoms with van der Waals surface area (Å²) in [5.41, 5.74) is 0. The summed E-state index contributed by atoms with van der Waals surface area (Å²) >= 11 is 2.05. The van der Waals surface area contributed by atoms with Gasteiger partial charge in [0.1, 0.15) is 0 Å². The molecule has 4 heteroatoms. The molecule has 0 spiro atoms. The highest BCUT2D eigenvalue weighted by Gasteiger charge is 2.40. The van der Waals surface area contributed by atoms with Gasteiger partial charge in [-0.2, -0.15) is 11.8 Å². The number of carbonyl (C=O) groups excluding carboxylic acids is 1. The van der Waals surface area contributed by atoms with E-state index < -0.39 is 0 Å². The molecule has 0 saturated carbocycles. The van der Waals surface area contributed by atoms with E-state index in [9.17, 15) is 4.79 Å². The van der Waals surface area contributed by atoms with E-state index in [0.717, 1.165) is 13.0 Å². The SMILES string of the molecule is CCC1NC(C(C)C)N(CC2CCCCS2)C1=O. The molecule has 3 atom stereocenters. The number of carbonyl (C=O) groups is 1. The smallest absolute Gasteiger partial charge is 0.241 e. The molecule has 2 saturated heterocycles. The van der Waals surface area contributed by atoms with E-state index in [0.29, 0.717) is 17.1 Å².